The Hall–Kier alpha value is -2.42. The van der Waals surface area contributed by atoms with Crippen LogP contribution in [0.2, 0.25) is 0 Å². The molecule has 0 radical (unpaired) electrons. The average molecular weight is 238 g/mol. The maximum absolute atomic E-state index is 11.6. The fraction of sp³-hybridized carbons (Fsp3) is 0.0667. The summed E-state index contributed by atoms with van der Waals surface area (Å²) in [5.41, 5.74) is 4.27. The lowest BCUT2D eigenvalue weighted by Crippen LogP contribution is -2.17. The van der Waals surface area contributed by atoms with Crippen molar-refractivity contribution in [1.82, 2.24) is 5.43 Å². The van der Waals surface area contributed by atoms with Gasteiger partial charge in [0.05, 0.1) is 0 Å². The average Bonchev–Trinajstić information content (AvgIpc) is 2.45. The molecule has 0 aliphatic carbocycles. The molecule has 0 aliphatic rings. The highest BCUT2D eigenvalue weighted by Gasteiger charge is 2.00. The molecule has 0 fully saturated rings. The quantitative estimate of drug-likeness (QED) is 0.645. The molecule has 0 aromatic heterocycles. The molecule has 0 bridgehead atoms. The first-order valence-corrected chi connectivity index (χ1v) is 5.77. The topological polar surface area (TPSA) is 41.5 Å². The van der Waals surface area contributed by atoms with E-state index < -0.39 is 0 Å². The molecule has 1 amide bonds. The largest absolute Gasteiger partial charge is 0.271 e. The minimum absolute atomic E-state index is 0.195. The van der Waals surface area contributed by atoms with Crippen molar-refractivity contribution in [2.75, 3.05) is 0 Å². The lowest BCUT2D eigenvalue weighted by molar-refractivity contribution is 0.0955. The Bertz CT molecular complexity index is 521. The number of hydrogen-bond donors (Lipinski definition) is 1. The summed E-state index contributed by atoms with van der Waals surface area (Å²) in [5, 5.41) is 3.92. The van der Waals surface area contributed by atoms with Crippen molar-refractivity contribution in [2.24, 2.45) is 5.10 Å². The van der Waals surface area contributed by atoms with Crippen molar-refractivity contribution in [3.63, 3.8) is 0 Å². The number of nitrogens with one attached hydrogen (secondary N) is 1. The van der Waals surface area contributed by atoms with Crippen LogP contribution in [-0.4, -0.2) is 12.1 Å². The summed E-state index contributed by atoms with van der Waals surface area (Å²) in [6.45, 7) is 0. The minimum atomic E-state index is -0.195. The van der Waals surface area contributed by atoms with E-state index >= 15 is 0 Å². The molecular weight excluding hydrogens is 224 g/mol. The summed E-state index contributed by atoms with van der Waals surface area (Å²) >= 11 is 0. The summed E-state index contributed by atoms with van der Waals surface area (Å²) in [7, 11) is 0. The third kappa shape index (κ3) is 3.56. The van der Waals surface area contributed by atoms with Crippen molar-refractivity contribution in [3.05, 3.63) is 71.8 Å². The summed E-state index contributed by atoms with van der Waals surface area (Å²) in [4.78, 5) is 11.6. The molecule has 2 rings (SSSR count). The third-order valence-corrected chi connectivity index (χ3v) is 2.46. The van der Waals surface area contributed by atoms with Gasteiger partial charge in [0.2, 0.25) is 0 Å². The SMILES string of the molecule is O=C(N/N=C/Cc1ccccc1)c1ccccc1. The highest BCUT2D eigenvalue weighted by Crippen LogP contribution is 1.98. The maximum Gasteiger partial charge on any atom is 0.271 e. The van der Waals surface area contributed by atoms with E-state index in [9.17, 15) is 4.79 Å². The Morgan fingerprint density at radius 2 is 1.61 bits per heavy atom. The second kappa shape index (κ2) is 6.35. The van der Waals surface area contributed by atoms with E-state index in [1.54, 1.807) is 18.3 Å². The van der Waals surface area contributed by atoms with Crippen LogP contribution < -0.4 is 5.43 Å². The van der Waals surface area contributed by atoms with Crippen LogP contribution in [0.5, 0.6) is 0 Å². The Kier molecular flexibility index (Phi) is 4.25. The summed E-state index contributed by atoms with van der Waals surface area (Å²) in [6.07, 6.45) is 2.39. The lowest BCUT2D eigenvalue weighted by Gasteiger charge is -1.98. The molecule has 0 spiro atoms. The van der Waals surface area contributed by atoms with Crippen LogP contribution in [0.3, 0.4) is 0 Å². The van der Waals surface area contributed by atoms with Crippen LogP contribution in [-0.2, 0) is 6.42 Å². The predicted octanol–water partition coefficient (Wildman–Crippen LogP) is 2.64. The monoisotopic (exact) mass is 238 g/mol. The van der Waals surface area contributed by atoms with Crippen molar-refractivity contribution in [3.8, 4) is 0 Å². The third-order valence-electron chi connectivity index (χ3n) is 2.46. The molecule has 0 saturated heterocycles. The Labute approximate surface area is 106 Å². The number of hydrogen-bond acceptors (Lipinski definition) is 2. The highest BCUT2D eigenvalue weighted by molar-refractivity contribution is 5.94. The second-order valence-electron chi connectivity index (χ2n) is 3.81. The molecule has 2 aromatic carbocycles. The van der Waals surface area contributed by atoms with Crippen LogP contribution in [0.1, 0.15) is 15.9 Å². The molecule has 0 aliphatic heterocycles. The number of rotatable bonds is 4. The van der Waals surface area contributed by atoms with E-state index in [0.29, 0.717) is 12.0 Å². The van der Waals surface area contributed by atoms with Crippen molar-refractivity contribution in [2.45, 2.75) is 6.42 Å². The standard InChI is InChI=1S/C15H14N2O/c18-15(14-9-5-2-6-10-14)17-16-12-11-13-7-3-1-4-8-13/h1-10,12H,11H2,(H,17,18)/b16-12+. The van der Waals surface area contributed by atoms with E-state index in [-0.39, 0.29) is 5.91 Å². The molecule has 2 aromatic rings. The van der Waals surface area contributed by atoms with Crippen molar-refractivity contribution < 1.29 is 4.79 Å². The molecule has 3 nitrogen and oxygen atoms in total. The molecular formula is C15H14N2O. The zero-order valence-electron chi connectivity index (χ0n) is 9.91. The lowest BCUT2D eigenvalue weighted by atomic mass is 10.2. The molecule has 90 valence electrons. The second-order valence-corrected chi connectivity index (χ2v) is 3.81. The van der Waals surface area contributed by atoms with Gasteiger partial charge < -0.3 is 0 Å². The maximum atomic E-state index is 11.6. The molecule has 0 saturated carbocycles. The first-order valence-electron chi connectivity index (χ1n) is 5.77. The first kappa shape index (κ1) is 12.0. The van der Waals surface area contributed by atoms with Gasteiger partial charge in [0, 0.05) is 18.2 Å². The smallest absolute Gasteiger partial charge is 0.267 e. The number of nitrogens with zero attached hydrogens (tertiary/aromatic N) is 1. The van der Waals surface area contributed by atoms with Gasteiger partial charge in [0.15, 0.2) is 0 Å². The van der Waals surface area contributed by atoms with Gasteiger partial charge >= 0.3 is 0 Å². The van der Waals surface area contributed by atoms with Gasteiger partial charge in [0.1, 0.15) is 0 Å². The zero-order valence-corrected chi connectivity index (χ0v) is 9.91. The van der Waals surface area contributed by atoms with Gasteiger partial charge in [-0.2, -0.15) is 5.10 Å². The number of benzene rings is 2. The number of hydrazone groups is 1. The summed E-state index contributed by atoms with van der Waals surface area (Å²) in [5.74, 6) is -0.195. The van der Waals surface area contributed by atoms with Crippen molar-refractivity contribution in [1.29, 1.82) is 0 Å². The molecule has 3 heteroatoms. The zero-order chi connectivity index (χ0) is 12.6. The Morgan fingerprint density at radius 1 is 1.00 bits per heavy atom. The van der Waals surface area contributed by atoms with Crippen LogP contribution in [0, 0.1) is 0 Å². The summed E-state index contributed by atoms with van der Waals surface area (Å²) in [6, 6.07) is 19.0. The number of carbonyl (C=O) groups is 1. The van der Waals surface area contributed by atoms with E-state index in [4.69, 9.17) is 0 Å². The number of carbonyl (C=O) groups excluding carboxylic acids is 1. The number of amides is 1. The molecule has 0 unspecified atom stereocenters. The van der Waals surface area contributed by atoms with Gasteiger partial charge in [0.25, 0.3) is 5.91 Å². The molecule has 18 heavy (non-hydrogen) atoms. The Balaban J connectivity index is 1.83. The normalized spacial score (nSPS) is 10.4. The van der Waals surface area contributed by atoms with Gasteiger partial charge in [-0.25, -0.2) is 5.43 Å². The predicted molar refractivity (Wildman–Crippen MR) is 72.5 cm³/mol. The van der Waals surface area contributed by atoms with Crippen LogP contribution >= 0.6 is 0 Å². The van der Waals surface area contributed by atoms with Crippen LogP contribution in [0.4, 0.5) is 0 Å². The Morgan fingerprint density at radius 3 is 2.28 bits per heavy atom. The molecule has 1 N–H and O–H groups in total. The minimum Gasteiger partial charge on any atom is -0.267 e. The van der Waals surface area contributed by atoms with Gasteiger partial charge in [-0.3, -0.25) is 4.79 Å². The van der Waals surface area contributed by atoms with Crippen molar-refractivity contribution >= 4 is 12.1 Å². The summed E-state index contributed by atoms with van der Waals surface area (Å²) < 4.78 is 0. The van der Waals surface area contributed by atoms with Crippen LogP contribution in [0.15, 0.2) is 65.8 Å². The highest BCUT2D eigenvalue weighted by atomic mass is 16.2. The van der Waals surface area contributed by atoms with Gasteiger partial charge in [-0.05, 0) is 17.7 Å². The van der Waals surface area contributed by atoms with E-state index in [0.717, 1.165) is 5.56 Å². The van der Waals surface area contributed by atoms with E-state index in [2.05, 4.69) is 10.5 Å². The van der Waals surface area contributed by atoms with Crippen LogP contribution in [0.25, 0.3) is 0 Å². The fourth-order valence-corrected chi connectivity index (χ4v) is 1.52. The molecule has 0 heterocycles. The molecule has 0 atom stereocenters. The fourth-order valence-electron chi connectivity index (χ4n) is 1.52. The first-order chi connectivity index (χ1) is 8.86. The van der Waals surface area contributed by atoms with Gasteiger partial charge in [-0.1, -0.05) is 48.5 Å². The van der Waals surface area contributed by atoms with Gasteiger partial charge in [-0.15, -0.1) is 0 Å². The van der Waals surface area contributed by atoms with E-state index in [1.165, 1.54) is 0 Å². The van der Waals surface area contributed by atoms with E-state index in [1.807, 2.05) is 48.5 Å².